The molecule has 1 aromatic heterocycles. The number of nitrogens with zero attached hydrogens (tertiary/aromatic N) is 1. The van der Waals surface area contributed by atoms with Crippen LogP contribution < -0.4 is 5.32 Å². The molecule has 2 fully saturated rings. The number of carbonyl (C=O) groups excluding carboxylic acids is 2. The molecular weight excluding hydrogens is 483 g/mol. The predicted octanol–water partition coefficient (Wildman–Crippen LogP) is 5.87. The first-order valence-corrected chi connectivity index (χ1v) is 12.5. The lowest BCUT2D eigenvalue weighted by Gasteiger charge is -2.41. The first-order chi connectivity index (χ1) is 17.5. The zero-order chi connectivity index (χ0) is 26.5. The number of benzene rings is 2. The number of rotatable bonds is 5. The monoisotopic (exact) mass is 513 g/mol. The Labute approximate surface area is 213 Å². The van der Waals surface area contributed by atoms with Gasteiger partial charge in [0.1, 0.15) is 29.1 Å². The SMILES string of the molecule is CC(C)(C)OC(=O)N1CC[C@H]1C(=O)NCC1CC(c2c(-c3ccc(F)cc3)[nH]c3c(F)cc(F)cc23)C1. The van der Waals surface area contributed by atoms with Crippen LogP contribution in [-0.4, -0.2) is 46.6 Å². The van der Waals surface area contributed by atoms with Crippen LogP contribution in [0.3, 0.4) is 0 Å². The van der Waals surface area contributed by atoms with Crippen LogP contribution in [0.15, 0.2) is 36.4 Å². The highest BCUT2D eigenvalue weighted by Crippen LogP contribution is 2.48. The number of likely N-dealkylation sites (tertiary alicyclic amines) is 1. The van der Waals surface area contributed by atoms with E-state index in [-0.39, 0.29) is 29.1 Å². The molecule has 2 N–H and O–H groups in total. The largest absolute Gasteiger partial charge is 0.444 e. The Balaban J connectivity index is 1.26. The molecule has 37 heavy (non-hydrogen) atoms. The quantitative estimate of drug-likeness (QED) is 0.448. The Hall–Kier alpha value is -3.49. The second-order valence-corrected chi connectivity index (χ2v) is 11.0. The lowest BCUT2D eigenvalue weighted by atomic mass is 9.70. The topological polar surface area (TPSA) is 74.4 Å². The van der Waals surface area contributed by atoms with Crippen LogP contribution in [0.1, 0.15) is 51.5 Å². The highest BCUT2D eigenvalue weighted by molar-refractivity contribution is 5.92. The molecule has 6 nitrogen and oxygen atoms in total. The first kappa shape index (κ1) is 25.2. The molecule has 2 aromatic carbocycles. The van der Waals surface area contributed by atoms with Crippen molar-refractivity contribution >= 4 is 22.9 Å². The molecule has 1 aliphatic carbocycles. The first-order valence-electron chi connectivity index (χ1n) is 12.5. The predicted molar refractivity (Wildman–Crippen MR) is 133 cm³/mol. The number of halogens is 3. The average molecular weight is 514 g/mol. The molecule has 0 unspecified atom stereocenters. The van der Waals surface area contributed by atoms with Crippen LogP contribution >= 0.6 is 0 Å². The minimum absolute atomic E-state index is 0.0267. The Bertz CT molecular complexity index is 1340. The maximum absolute atomic E-state index is 14.6. The number of amides is 2. The summed E-state index contributed by atoms with van der Waals surface area (Å²) in [5.41, 5.74) is 1.73. The van der Waals surface area contributed by atoms with Gasteiger partial charge in [-0.2, -0.15) is 0 Å². The van der Waals surface area contributed by atoms with E-state index < -0.39 is 29.4 Å². The van der Waals surface area contributed by atoms with Crippen molar-refractivity contribution in [2.45, 2.75) is 57.6 Å². The van der Waals surface area contributed by atoms with Gasteiger partial charge in [0.15, 0.2) is 0 Å². The van der Waals surface area contributed by atoms with Crippen molar-refractivity contribution in [3.05, 3.63) is 59.4 Å². The Kier molecular flexibility index (Phi) is 6.41. The summed E-state index contributed by atoms with van der Waals surface area (Å²) < 4.78 is 47.6. The second kappa shape index (κ2) is 9.43. The normalized spacial score (nSPS) is 21.4. The smallest absolute Gasteiger partial charge is 0.410 e. The van der Waals surface area contributed by atoms with Gasteiger partial charge in [-0.1, -0.05) is 0 Å². The summed E-state index contributed by atoms with van der Waals surface area (Å²) in [5, 5.41) is 3.43. The van der Waals surface area contributed by atoms with Crippen molar-refractivity contribution < 1.29 is 27.5 Å². The van der Waals surface area contributed by atoms with Gasteiger partial charge in [0.05, 0.1) is 11.2 Å². The minimum atomic E-state index is -0.678. The number of aromatic nitrogens is 1. The standard InChI is InChI=1S/C28H30F3N3O3/c1-28(2,3)37-27(36)34-9-8-22(34)26(35)32-14-15-10-17(11-15)23-20-12-19(30)13-21(31)25(20)33-24(23)16-4-6-18(29)7-5-16/h4-7,12-13,15,17,22,33H,8-11,14H2,1-3H3,(H,32,35)/t15?,17?,22-/m0/s1. The number of ether oxygens (including phenoxy) is 1. The van der Waals surface area contributed by atoms with Crippen LogP contribution in [0, 0.1) is 23.4 Å². The maximum Gasteiger partial charge on any atom is 0.410 e. The maximum atomic E-state index is 14.6. The molecule has 2 amide bonds. The zero-order valence-electron chi connectivity index (χ0n) is 21.0. The van der Waals surface area contributed by atoms with E-state index in [1.807, 2.05) is 0 Å². The van der Waals surface area contributed by atoms with Crippen molar-refractivity contribution in [1.29, 1.82) is 0 Å². The van der Waals surface area contributed by atoms with Gasteiger partial charge in [0.25, 0.3) is 0 Å². The summed E-state index contributed by atoms with van der Waals surface area (Å²) >= 11 is 0. The fraction of sp³-hybridized carbons (Fsp3) is 0.429. The van der Waals surface area contributed by atoms with Gasteiger partial charge >= 0.3 is 6.09 Å². The summed E-state index contributed by atoms with van der Waals surface area (Å²) in [6.07, 6.45) is 1.54. The van der Waals surface area contributed by atoms with E-state index in [0.29, 0.717) is 36.2 Å². The Morgan fingerprint density at radius 2 is 1.78 bits per heavy atom. The molecule has 2 heterocycles. The number of H-pyrrole nitrogens is 1. The summed E-state index contributed by atoms with van der Waals surface area (Å²) in [5.74, 6) is -1.71. The third kappa shape index (κ3) is 5.04. The third-order valence-corrected chi connectivity index (χ3v) is 7.16. The van der Waals surface area contributed by atoms with Crippen molar-refractivity contribution in [2.75, 3.05) is 13.1 Å². The minimum Gasteiger partial charge on any atom is -0.444 e. The van der Waals surface area contributed by atoms with E-state index in [9.17, 15) is 22.8 Å². The van der Waals surface area contributed by atoms with Gasteiger partial charge in [-0.25, -0.2) is 18.0 Å². The molecule has 0 spiro atoms. The van der Waals surface area contributed by atoms with Crippen LogP contribution in [0.5, 0.6) is 0 Å². The van der Waals surface area contributed by atoms with Crippen molar-refractivity contribution in [3.8, 4) is 11.3 Å². The van der Waals surface area contributed by atoms with E-state index >= 15 is 0 Å². The zero-order valence-corrected chi connectivity index (χ0v) is 21.0. The fourth-order valence-electron chi connectivity index (χ4n) is 5.21. The van der Waals surface area contributed by atoms with E-state index in [2.05, 4.69) is 10.3 Å². The number of hydrogen-bond acceptors (Lipinski definition) is 3. The van der Waals surface area contributed by atoms with Gasteiger partial charge in [-0.3, -0.25) is 9.69 Å². The molecular formula is C28H30F3N3O3. The lowest BCUT2D eigenvalue weighted by molar-refractivity contribution is -0.130. The summed E-state index contributed by atoms with van der Waals surface area (Å²) in [6.45, 7) is 6.28. The molecule has 2 aliphatic rings. The van der Waals surface area contributed by atoms with Crippen LogP contribution in [0.25, 0.3) is 22.2 Å². The van der Waals surface area contributed by atoms with Crippen LogP contribution in [0.4, 0.5) is 18.0 Å². The number of aromatic amines is 1. The van der Waals surface area contributed by atoms with Gasteiger partial charge in [0, 0.05) is 24.5 Å². The number of nitrogens with one attached hydrogen (secondary N) is 2. The molecule has 9 heteroatoms. The van der Waals surface area contributed by atoms with Crippen LogP contribution in [-0.2, 0) is 9.53 Å². The molecule has 3 aromatic rings. The fourth-order valence-corrected chi connectivity index (χ4v) is 5.21. The third-order valence-electron chi connectivity index (χ3n) is 7.16. The van der Waals surface area contributed by atoms with Crippen molar-refractivity contribution in [3.63, 3.8) is 0 Å². The van der Waals surface area contributed by atoms with Crippen molar-refractivity contribution in [2.24, 2.45) is 5.92 Å². The van der Waals surface area contributed by atoms with Gasteiger partial charge in [-0.05, 0) is 93.3 Å². The molecule has 1 saturated carbocycles. The van der Waals surface area contributed by atoms with Gasteiger partial charge in [-0.15, -0.1) is 0 Å². The number of fused-ring (bicyclic) bond motifs is 1. The molecule has 0 bridgehead atoms. The highest BCUT2D eigenvalue weighted by Gasteiger charge is 2.41. The molecule has 1 aliphatic heterocycles. The molecule has 1 atom stereocenters. The number of carbonyl (C=O) groups is 2. The Morgan fingerprint density at radius 3 is 2.41 bits per heavy atom. The van der Waals surface area contributed by atoms with Gasteiger partial charge < -0.3 is 15.0 Å². The lowest BCUT2D eigenvalue weighted by Crippen LogP contribution is -2.59. The highest BCUT2D eigenvalue weighted by atomic mass is 19.1. The van der Waals surface area contributed by atoms with E-state index in [0.717, 1.165) is 24.5 Å². The summed E-state index contributed by atoms with van der Waals surface area (Å²) in [4.78, 5) is 29.5. The molecule has 1 saturated heterocycles. The number of hydrogen-bond donors (Lipinski definition) is 2. The Morgan fingerprint density at radius 1 is 1.08 bits per heavy atom. The van der Waals surface area contributed by atoms with Crippen LogP contribution in [0.2, 0.25) is 0 Å². The van der Waals surface area contributed by atoms with E-state index in [4.69, 9.17) is 4.74 Å². The van der Waals surface area contributed by atoms with Gasteiger partial charge in [0.2, 0.25) is 5.91 Å². The average Bonchev–Trinajstić information content (AvgIpc) is 3.10. The van der Waals surface area contributed by atoms with E-state index in [1.165, 1.54) is 23.1 Å². The molecule has 196 valence electrons. The summed E-state index contributed by atoms with van der Waals surface area (Å²) in [6, 6.07) is 7.54. The molecule has 5 rings (SSSR count). The van der Waals surface area contributed by atoms with E-state index in [1.54, 1.807) is 32.9 Å². The second-order valence-electron chi connectivity index (χ2n) is 11.0. The molecule has 0 radical (unpaired) electrons. The summed E-state index contributed by atoms with van der Waals surface area (Å²) in [7, 11) is 0. The van der Waals surface area contributed by atoms with Crippen molar-refractivity contribution in [1.82, 2.24) is 15.2 Å².